The summed E-state index contributed by atoms with van der Waals surface area (Å²) in [5.74, 6) is 0.178. The van der Waals surface area contributed by atoms with Crippen molar-refractivity contribution >= 4 is 16.7 Å². The van der Waals surface area contributed by atoms with E-state index in [9.17, 15) is 9.18 Å². The molecule has 0 bridgehead atoms. The molecule has 3 aromatic rings. The first kappa shape index (κ1) is 20.4. The number of benzene rings is 2. The molecule has 2 aliphatic rings. The second-order valence-corrected chi connectivity index (χ2v) is 8.99. The van der Waals surface area contributed by atoms with Gasteiger partial charge in [-0.25, -0.2) is 4.39 Å². The molecule has 5 rings (SSSR count). The van der Waals surface area contributed by atoms with Crippen LogP contribution in [-0.4, -0.2) is 48.0 Å². The van der Waals surface area contributed by atoms with E-state index in [0.717, 1.165) is 37.1 Å². The van der Waals surface area contributed by atoms with Gasteiger partial charge in [0.1, 0.15) is 5.82 Å². The maximum atomic E-state index is 13.4. The van der Waals surface area contributed by atoms with Gasteiger partial charge < -0.3 is 14.6 Å². The van der Waals surface area contributed by atoms with E-state index in [4.69, 9.17) is 4.74 Å². The highest BCUT2D eigenvalue weighted by molar-refractivity contribution is 6.00. The van der Waals surface area contributed by atoms with Gasteiger partial charge in [-0.05, 0) is 79.6 Å². The zero-order valence-corrected chi connectivity index (χ0v) is 17.8. The molecule has 2 saturated heterocycles. The number of carbonyl (C=O) groups is 1. The first-order valence-electron chi connectivity index (χ1n) is 11.4. The Morgan fingerprint density at radius 1 is 1.13 bits per heavy atom. The van der Waals surface area contributed by atoms with Crippen molar-refractivity contribution in [1.29, 1.82) is 0 Å². The molecule has 2 unspecified atom stereocenters. The second kappa shape index (κ2) is 8.93. The Kier molecular flexibility index (Phi) is 5.88. The number of aromatic nitrogens is 1. The number of piperidine rings is 1. The lowest BCUT2D eigenvalue weighted by molar-refractivity contribution is 0.0632. The van der Waals surface area contributed by atoms with Crippen molar-refractivity contribution < 1.29 is 13.9 Å². The minimum atomic E-state index is -0.312. The summed E-state index contributed by atoms with van der Waals surface area (Å²) in [6.07, 6.45) is 5.37. The third-order valence-electron chi connectivity index (χ3n) is 6.66. The van der Waals surface area contributed by atoms with E-state index in [1.165, 1.54) is 43.4 Å². The highest BCUT2D eigenvalue weighted by Crippen LogP contribution is 2.30. The van der Waals surface area contributed by atoms with Crippen molar-refractivity contribution in [1.82, 2.24) is 9.88 Å². The normalized spacial score (nSPS) is 22.2. The number of likely N-dealkylation sites (tertiary alicyclic amines) is 1. The number of nitrogens with one attached hydrogen (secondary N) is 1. The Hall–Kier alpha value is -2.50. The Bertz CT molecular complexity index is 1070. The SMILES string of the molecule is O=C(Cc1cccc(F)c1)c1cc2cc(C3CCCN(CC4CCCO4)C3)ccc2[nH]1. The van der Waals surface area contributed by atoms with E-state index in [1.807, 2.05) is 6.07 Å². The molecule has 5 heteroatoms. The average molecular weight is 421 g/mol. The number of hydrogen-bond acceptors (Lipinski definition) is 3. The molecule has 2 atom stereocenters. The first-order valence-corrected chi connectivity index (χ1v) is 11.4. The van der Waals surface area contributed by atoms with Crippen LogP contribution in [0, 0.1) is 5.82 Å². The van der Waals surface area contributed by atoms with Gasteiger partial charge in [0.25, 0.3) is 0 Å². The van der Waals surface area contributed by atoms with Gasteiger partial charge in [0.2, 0.25) is 0 Å². The van der Waals surface area contributed by atoms with Gasteiger partial charge in [0, 0.05) is 37.0 Å². The molecule has 0 aliphatic carbocycles. The zero-order chi connectivity index (χ0) is 21.2. The van der Waals surface area contributed by atoms with Crippen LogP contribution in [0.1, 0.15) is 53.2 Å². The summed E-state index contributed by atoms with van der Waals surface area (Å²) in [4.78, 5) is 18.5. The van der Waals surface area contributed by atoms with Crippen molar-refractivity contribution in [3.8, 4) is 0 Å². The summed E-state index contributed by atoms with van der Waals surface area (Å²) in [5, 5.41) is 1.07. The van der Waals surface area contributed by atoms with Gasteiger partial charge >= 0.3 is 0 Å². The third kappa shape index (κ3) is 4.73. The maximum Gasteiger partial charge on any atom is 0.183 e. The van der Waals surface area contributed by atoms with Crippen molar-refractivity contribution in [3.05, 3.63) is 71.2 Å². The van der Waals surface area contributed by atoms with Gasteiger partial charge in [-0.2, -0.15) is 0 Å². The van der Waals surface area contributed by atoms with Crippen LogP contribution in [0.5, 0.6) is 0 Å². The highest BCUT2D eigenvalue weighted by Gasteiger charge is 2.25. The minimum Gasteiger partial charge on any atom is -0.377 e. The van der Waals surface area contributed by atoms with E-state index in [0.29, 0.717) is 23.3 Å². The standard InChI is InChI=1S/C26H29FN2O2/c27-22-6-1-4-18(12-22)13-26(30)25-15-21-14-19(8-9-24(21)28-25)20-5-2-10-29(16-20)17-23-7-3-11-31-23/h1,4,6,8-9,12,14-15,20,23,28H,2-3,5,7,10-11,13,16-17H2. The monoisotopic (exact) mass is 420 g/mol. The summed E-state index contributed by atoms with van der Waals surface area (Å²) in [6.45, 7) is 4.18. The lowest BCUT2D eigenvalue weighted by Gasteiger charge is -2.34. The lowest BCUT2D eigenvalue weighted by Crippen LogP contribution is -2.39. The van der Waals surface area contributed by atoms with Crippen LogP contribution < -0.4 is 0 Å². The second-order valence-electron chi connectivity index (χ2n) is 8.99. The third-order valence-corrected chi connectivity index (χ3v) is 6.66. The number of H-pyrrole nitrogens is 1. The molecule has 0 spiro atoms. The number of fused-ring (bicyclic) bond motifs is 1. The molecule has 2 fully saturated rings. The Morgan fingerprint density at radius 3 is 2.90 bits per heavy atom. The average Bonchev–Trinajstić information content (AvgIpc) is 3.43. The number of ether oxygens (including phenoxy) is 1. The molecular formula is C26H29FN2O2. The summed E-state index contributed by atoms with van der Waals surface area (Å²) in [6, 6.07) is 14.7. The molecule has 162 valence electrons. The lowest BCUT2D eigenvalue weighted by atomic mass is 9.90. The number of ketones is 1. The number of Topliss-reactive ketones (excluding diaryl/α,β-unsaturated/α-hetero) is 1. The van der Waals surface area contributed by atoms with Crippen molar-refractivity contribution in [2.24, 2.45) is 0 Å². The number of carbonyl (C=O) groups excluding carboxylic acids is 1. The summed E-state index contributed by atoms with van der Waals surface area (Å²) >= 11 is 0. The van der Waals surface area contributed by atoms with Gasteiger partial charge in [0.05, 0.1) is 11.8 Å². The number of hydrogen-bond donors (Lipinski definition) is 1. The van der Waals surface area contributed by atoms with Gasteiger partial charge in [-0.1, -0.05) is 18.2 Å². The fourth-order valence-corrected chi connectivity index (χ4v) is 5.05. The van der Waals surface area contributed by atoms with Crippen LogP contribution in [0.15, 0.2) is 48.5 Å². The fourth-order valence-electron chi connectivity index (χ4n) is 5.05. The molecular weight excluding hydrogens is 391 g/mol. The maximum absolute atomic E-state index is 13.4. The van der Waals surface area contributed by atoms with Crippen LogP contribution in [-0.2, 0) is 11.2 Å². The Morgan fingerprint density at radius 2 is 2.06 bits per heavy atom. The minimum absolute atomic E-state index is 0.0243. The smallest absolute Gasteiger partial charge is 0.183 e. The van der Waals surface area contributed by atoms with E-state index in [2.05, 4.69) is 28.1 Å². The Labute approximate surface area is 182 Å². The quantitative estimate of drug-likeness (QED) is 0.565. The molecule has 2 aliphatic heterocycles. The zero-order valence-electron chi connectivity index (χ0n) is 17.8. The molecule has 1 aromatic heterocycles. The highest BCUT2D eigenvalue weighted by atomic mass is 19.1. The van der Waals surface area contributed by atoms with Crippen molar-refractivity contribution in [2.45, 2.75) is 44.1 Å². The molecule has 0 saturated carbocycles. The fraction of sp³-hybridized carbons (Fsp3) is 0.423. The largest absolute Gasteiger partial charge is 0.377 e. The predicted molar refractivity (Wildman–Crippen MR) is 120 cm³/mol. The molecule has 2 aromatic carbocycles. The summed E-state index contributed by atoms with van der Waals surface area (Å²) < 4.78 is 19.3. The number of halogens is 1. The van der Waals surface area contributed by atoms with Gasteiger partial charge in [-0.15, -0.1) is 0 Å². The molecule has 0 amide bonds. The number of nitrogens with zero attached hydrogens (tertiary/aromatic N) is 1. The van der Waals surface area contributed by atoms with Crippen LogP contribution in [0.3, 0.4) is 0 Å². The molecule has 31 heavy (non-hydrogen) atoms. The molecule has 0 radical (unpaired) electrons. The first-order chi connectivity index (χ1) is 15.1. The van der Waals surface area contributed by atoms with Crippen LogP contribution in [0.2, 0.25) is 0 Å². The molecule has 3 heterocycles. The predicted octanol–water partition coefficient (Wildman–Crippen LogP) is 5.09. The van der Waals surface area contributed by atoms with Crippen molar-refractivity contribution in [2.75, 3.05) is 26.2 Å². The van der Waals surface area contributed by atoms with E-state index in [-0.39, 0.29) is 18.0 Å². The van der Waals surface area contributed by atoms with Crippen LogP contribution >= 0.6 is 0 Å². The Balaban J connectivity index is 1.29. The van der Waals surface area contributed by atoms with Crippen LogP contribution in [0.25, 0.3) is 10.9 Å². The molecule has 1 N–H and O–H groups in total. The van der Waals surface area contributed by atoms with Crippen LogP contribution in [0.4, 0.5) is 4.39 Å². The van der Waals surface area contributed by atoms with E-state index >= 15 is 0 Å². The summed E-state index contributed by atoms with van der Waals surface area (Å²) in [7, 11) is 0. The van der Waals surface area contributed by atoms with E-state index < -0.39 is 0 Å². The molecule has 4 nitrogen and oxygen atoms in total. The topological polar surface area (TPSA) is 45.3 Å². The number of aromatic amines is 1. The van der Waals surface area contributed by atoms with Crippen molar-refractivity contribution in [3.63, 3.8) is 0 Å². The number of rotatable bonds is 6. The van der Waals surface area contributed by atoms with Gasteiger partial charge in [-0.3, -0.25) is 4.79 Å². The van der Waals surface area contributed by atoms with Gasteiger partial charge in [0.15, 0.2) is 5.78 Å². The van der Waals surface area contributed by atoms with E-state index in [1.54, 1.807) is 12.1 Å². The summed E-state index contributed by atoms with van der Waals surface area (Å²) in [5.41, 5.74) is 3.59.